The van der Waals surface area contributed by atoms with Crippen molar-refractivity contribution in [2.45, 2.75) is 25.1 Å². The lowest BCUT2D eigenvalue weighted by atomic mass is 10.2. The van der Waals surface area contributed by atoms with Gasteiger partial charge in [-0.3, -0.25) is 13.9 Å². The average Bonchev–Trinajstić information content (AvgIpc) is 3.01. The molecule has 25 heavy (non-hydrogen) atoms. The third-order valence-corrected chi connectivity index (χ3v) is 5.66. The molecule has 1 atom stereocenters. The number of rotatable bonds is 6. The van der Waals surface area contributed by atoms with E-state index in [9.17, 15) is 9.59 Å². The molecule has 0 N–H and O–H groups in total. The van der Waals surface area contributed by atoms with Gasteiger partial charge in [0.05, 0.1) is 6.33 Å². The van der Waals surface area contributed by atoms with Gasteiger partial charge in [0.2, 0.25) is 0 Å². The lowest BCUT2D eigenvalue weighted by Gasteiger charge is -2.12. The summed E-state index contributed by atoms with van der Waals surface area (Å²) in [5, 5.41) is 0.389. The van der Waals surface area contributed by atoms with E-state index >= 15 is 0 Å². The Labute approximate surface area is 150 Å². The van der Waals surface area contributed by atoms with Gasteiger partial charge >= 0.3 is 5.69 Å². The van der Waals surface area contributed by atoms with E-state index < -0.39 is 0 Å². The Bertz CT molecular complexity index is 988. The molecule has 2 heterocycles. The van der Waals surface area contributed by atoms with Gasteiger partial charge in [-0.05, 0) is 24.7 Å². The summed E-state index contributed by atoms with van der Waals surface area (Å²) >= 11 is 1.83. The average molecular weight is 358 g/mol. The van der Waals surface area contributed by atoms with Crippen LogP contribution in [0.3, 0.4) is 0 Å². The predicted octanol–water partition coefficient (Wildman–Crippen LogP) is 2.32. The molecule has 0 fully saturated rings. The van der Waals surface area contributed by atoms with Crippen molar-refractivity contribution in [3.05, 3.63) is 63.1 Å². The van der Waals surface area contributed by atoms with Crippen LogP contribution in [0.25, 0.3) is 11.2 Å². The van der Waals surface area contributed by atoms with Gasteiger partial charge in [0.1, 0.15) is 0 Å². The van der Waals surface area contributed by atoms with Crippen LogP contribution >= 0.6 is 11.8 Å². The zero-order chi connectivity index (χ0) is 18.0. The van der Waals surface area contributed by atoms with Gasteiger partial charge in [0, 0.05) is 25.9 Å². The van der Waals surface area contributed by atoms with Gasteiger partial charge in [-0.25, -0.2) is 9.78 Å². The zero-order valence-electron chi connectivity index (χ0n) is 14.7. The maximum Gasteiger partial charge on any atom is 0.332 e. The molecule has 0 unspecified atom stereocenters. The molecule has 6 nitrogen and oxygen atoms in total. The summed E-state index contributed by atoms with van der Waals surface area (Å²) < 4.78 is 4.42. The summed E-state index contributed by atoms with van der Waals surface area (Å²) in [4.78, 5) is 29.2. The molecule has 0 radical (unpaired) electrons. The predicted molar refractivity (Wildman–Crippen MR) is 102 cm³/mol. The van der Waals surface area contributed by atoms with Crippen LogP contribution in [0.5, 0.6) is 0 Å². The molecule has 7 heteroatoms. The van der Waals surface area contributed by atoms with Crippen molar-refractivity contribution >= 4 is 22.9 Å². The number of thioether (sulfide) groups is 1. The molecule has 132 valence electrons. The molecule has 0 spiro atoms. The smallest absolute Gasteiger partial charge is 0.328 e. The number of hydrogen-bond donors (Lipinski definition) is 0. The van der Waals surface area contributed by atoms with E-state index in [1.807, 2.05) is 30.0 Å². The van der Waals surface area contributed by atoms with Crippen molar-refractivity contribution < 1.29 is 0 Å². The second-order valence-electron chi connectivity index (χ2n) is 6.10. The lowest BCUT2D eigenvalue weighted by Crippen LogP contribution is -2.39. The van der Waals surface area contributed by atoms with Crippen molar-refractivity contribution in [2.75, 3.05) is 5.75 Å². The number of imidazole rings is 1. The summed E-state index contributed by atoms with van der Waals surface area (Å²) in [6.07, 6.45) is 2.33. The van der Waals surface area contributed by atoms with Gasteiger partial charge < -0.3 is 4.57 Å². The second-order valence-corrected chi connectivity index (χ2v) is 7.55. The lowest BCUT2D eigenvalue weighted by molar-refractivity contribution is 0.594. The van der Waals surface area contributed by atoms with Gasteiger partial charge in [0.25, 0.3) is 5.56 Å². The zero-order valence-corrected chi connectivity index (χ0v) is 15.5. The van der Waals surface area contributed by atoms with Crippen LogP contribution in [0.1, 0.15) is 24.2 Å². The minimum Gasteiger partial charge on any atom is -0.328 e. The molecule has 0 amide bonds. The summed E-state index contributed by atoms with van der Waals surface area (Å²) in [6, 6.07) is 10.3. The molecular weight excluding hydrogens is 336 g/mol. The topological polar surface area (TPSA) is 61.8 Å². The SMILES string of the molecule is C[C@H](SCCCn1c(=O)c2c(ncn2C)n(C)c1=O)c1ccccc1. The quantitative estimate of drug-likeness (QED) is 0.635. The molecular formula is C18H22N4O2S. The molecule has 3 aromatic rings. The maximum atomic E-state index is 12.6. The van der Waals surface area contributed by atoms with Crippen LogP contribution in [-0.4, -0.2) is 24.4 Å². The number of benzene rings is 1. The summed E-state index contributed by atoms with van der Waals surface area (Å²) in [5.74, 6) is 0.884. The van der Waals surface area contributed by atoms with Gasteiger partial charge in [-0.1, -0.05) is 30.3 Å². The van der Waals surface area contributed by atoms with E-state index in [1.165, 1.54) is 14.7 Å². The molecule has 3 rings (SSSR count). The molecule has 0 bridgehead atoms. The van der Waals surface area contributed by atoms with Crippen molar-refractivity contribution in [3.63, 3.8) is 0 Å². The number of hydrogen-bond acceptors (Lipinski definition) is 4. The monoisotopic (exact) mass is 358 g/mol. The molecule has 0 saturated heterocycles. The minimum atomic E-state index is -0.308. The van der Waals surface area contributed by atoms with E-state index in [-0.39, 0.29) is 11.2 Å². The fourth-order valence-electron chi connectivity index (χ4n) is 2.90. The Hall–Kier alpha value is -2.28. The van der Waals surface area contributed by atoms with Gasteiger partial charge in [-0.15, -0.1) is 0 Å². The molecule has 0 aliphatic rings. The summed E-state index contributed by atoms with van der Waals surface area (Å²) in [7, 11) is 3.42. The van der Waals surface area contributed by atoms with E-state index in [4.69, 9.17) is 0 Å². The van der Waals surface area contributed by atoms with Crippen LogP contribution in [0.15, 0.2) is 46.2 Å². The molecule has 1 aromatic carbocycles. The highest BCUT2D eigenvalue weighted by molar-refractivity contribution is 7.99. The Kier molecular flexibility index (Phi) is 5.13. The second kappa shape index (κ2) is 7.31. The Morgan fingerprint density at radius 2 is 1.88 bits per heavy atom. The highest BCUT2D eigenvalue weighted by atomic mass is 32.2. The highest BCUT2D eigenvalue weighted by Crippen LogP contribution is 2.28. The largest absolute Gasteiger partial charge is 0.332 e. The van der Waals surface area contributed by atoms with E-state index in [1.54, 1.807) is 25.0 Å². The molecule has 0 aliphatic carbocycles. The van der Waals surface area contributed by atoms with Crippen LogP contribution < -0.4 is 11.2 Å². The van der Waals surface area contributed by atoms with Gasteiger partial charge in [0.15, 0.2) is 11.2 Å². The van der Waals surface area contributed by atoms with E-state index in [2.05, 4.69) is 24.0 Å². The normalized spacial score (nSPS) is 12.6. The van der Waals surface area contributed by atoms with Crippen molar-refractivity contribution in [1.82, 2.24) is 18.7 Å². The third-order valence-electron chi connectivity index (χ3n) is 4.36. The van der Waals surface area contributed by atoms with Crippen molar-refractivity contribution in [3.8, 4) is 0 Å². The fraction of sp³-hybridized carbons (Fsp3) is 0.389. The Balaban J connectivity index is 1.71. The highest BCUT2D eigenvalue weighted by Gasteiger charge is 2.14. The van der Waals surface area contributed by atoms with Crippen LogP contribution in [-0.2, 0) is 20.6 Å². The minimum absolute atomic E-state index is 0.265. The Morgan fingerprint density at radius 3 is 2.60 bits per heavy atom. The van der Waals surface area contributed by atoms with E-state index in [0.717, 1.165) is 12.2 Å². The number of aryl methyl sites for hydroxylation is 2. The molecule has 2 aromatic heterocycles. The van der Waals surface area contributed by atoms with Crippen molar-refractivity contribution in [2.24, 2.45) is 14.1 Å². The van der Waals surface area contributed by atoms with Crippen molar-refractivity contribution in [1.29, 1.82) is 0 Å². The first-order chi connectivity index (χ1) is 12.0. The first kappa shape index (κ1) is 17.5. The summed E-state index contributed by atoms with van der Waals surface area (Å²) in [6.45, 7) is 2.59. The molecule has 0 saturated carbocycles. The number of nitrogens with zero attached hydrogens (tertiary/aromatic N) is 4. The van der Waals surface area contributed by atoms with Gasteiger partial charge in [-0.2, -0.15) is 11.8 Å². The standard InChI is InChI=1S/C18H22N4O2S/c1-13(14-8-5-4-6-9-14)25-11-7-10-22-17(23)15-16(19-12-20(15)2)21(3)18(22)24/h4-6,8-9,12-13H,7,10-11H2,1-3H3/t13-/m0/s1. The molecule has 0 aliphatic heterocycles. The third kappa shape index (κ3) is 3.42. The van der Waals surface area contributed by atoms with E-state index in [0.29, 0.717) is 23.0 Å². The van der Waals surface area contributed by atoms with Crippen LogP contribution in [0.4, 0.5) is 0 Å². The number of fused-ring (bicyclic) bond motifs is 1. The summed E-state index contributed by atoms with van der Waals surface area (Å²) in [5.41, 5.74) is 1.61. The van der Waals surface area contributed by atoms with Crippen LogP contribution in [0.2, 0.25) is 0 Å². The number of aromatic nitrogens is 4. The maximum absolute atomic E-state index is 12.6. The van der Waals surface area contributed by atoms with Crippen LogP contribution in [0, 0.1) is 0 Å². The first-order valence-electron chi connectivity index (χ1n) is 8.28. The first-order valence-corrected chi connectivity index (χ1v) is 9.33. The fourth-order valence-corrected chi connectivity index (χ4v) is 3.90. The Morgan fingerprint density at radius 1 is 1.16 bits per heavy atom.